The van der Waals surface area contributed by atoms with Crippen LogP contribution in [0.15, 0.2) is 29.4 Å². The van der Waals surface area contributed by atoms with E-state index < -0.39 is 0 Å². The summed E-state index contributed by atoms with van der Waals surface area (Å²) in [5.74, 6) is 1.77. The Hall–Kier alpha value is -1.53. The number of nitrogens with zero attached hydrogens (tertiary/aromatic N) is 4. The molecule has 0 aliphatic carbocycles. The van der Waals surface area contributed by atoms with Gasteiger partial charge in [0.05, 0.1) is 6.61 Å². The van der Waals surface area contributed by atoms with Crippen molar-refractivity contribution in [3.8, 4) is 11.4 Å². The van der Waals surface area contributed by atoms with Gasteiger partial charge in [-0.05, 0) is 38.1 Å². The quantitative estimate of drug-likeness (QED) is 0.552. The molecule has 0 N–H and O–H groups in total. The second-order valence-electron chi connectivity index (χ2n) is 4.93. The van der Waals surface area contributed by atoms with E-state index in [0.717, 1.165) is 35.4 Å². The minimum Gasteiger partial charge on any atom is -0.384 e. The Morgan fingerprint density at radius 2 is 1.82 bits per heavy atom. The SMILES string of the molecule is CCN(CC)c1ccc(-c2nnc(SCCOC)n2C)cc1. The molecule has 6 heteroatoms. The lowest BCUT2D eigenvalue weighted by Gasteiger charge is -2.21. The van der Waals surface area contributed by atoms with Crippen LogP contribution in [0.25, 0.3) is 11.4 Å². The topological polar surface area (TPSA) is 43.2 Å². The number of anilines is 1. The van der Waals surface area contributed by atoms with Gasteiger partial charge in [-0.2, -0.15) is 0 Å². The van der Waals surface area contributed by atoms with Gasteiger partial charge in [0.1, 0.15) is 0 Å². The lowest BCUT2D eigenvalue weighted by molar-refractivity contribution is 0.218. The number of aromatic nitrogens is 3. The summed E-state index contributed by atoms with van der Waals surface area (Å²) in [6.07, 6.45) is 0. The Balaban J connectivity index is 2.15. The largest absolute Gasteiger partial charge is 0.384 e. The first kappa shape index (κ1) is 16.8. The first-order chi connectivity index (χ1) is 10.7. The van der Waals surface area contributed by atoms with Crippen molar-refractivity contribution in [2.75, 3.05) is 37.5 Å². The smallest absolute Gasteiger partial charge is 0.191 e. The minimum absolute atomic E-state index is 0.714. The number of methoxy groups -OCH3 is 1. The van der Waals surface area contributed by atoms with Crippen molar-refractivity contribution in [2.24, 2.45) is 7.05 Å². The second kappa shape index (κ2) is 8.19. The van der Waals surface area contributed by atoms with Crippen LogP contribution in [0.3, 0.4) is 0 Å². The summed E-state index contributed by atoms with van der Waals surface area (Å²) < 4.78 is 7.10. The van der Waals surface area contributed by atoms with Crippen LogP contribution in [0.4, 0.5) is 5.69 Å². The van der Waals surface area contributed by atoms with E-state index in [2.05, 4.69) is 53.2 Å². The molecule has 0 saturated heterocycles. The maximum atomic E-state index is 5.07. The summed E-state index contributed by atoms with van der Waals surface area (Å²) in [6.45, 7) is 7.08. The molecule has 1 aromatic heterocycles. The zero-order valence-corrected chi connectivity index (χ0v) is 14.6. The maximum Gasteiger partial charge on any atom is 0.191 e. The lowest BCUT2D eigenvalue weighted by Crippen LogP contribution is -2.21. The Kier molecular flexibility index (Phi) is 6.27. The van der Waals surface area contributed by atoms with Gasteiger partial charge in [0.15, 0.2) is 11.0 Å². The highest BCUT2D eigenvalue weighted by Gasteiger charge is 2.11. The van der Waals surface area contributed by atoms with Crippen molar-refractivity contribution < 1.29 is 4.74 Å². The number of ether oxygens (including phenoxy) is 1. The average Bonchev–Trinajstić information content (AvgIpc) is 2.91. The first-order valence-corrected chi connectivity index (χ1v) is 8.56. The molecule has 5 nitrogen and oxygen atoms in total. The van der Waals surface area contributed by atoms with E-state index in [0.29, 0.717) is 6.61 Å². The first-order valence-electron chi connectivity index (χ1n) is 7.57. The van der Waals surface area contributed by atoms with Crippen molar-refractivity contribution in [3.63, 3.8) is 0 Å². The van der Waals surface area contributed by atoms with Gasteiger partial charge in [-0.3, -0.25) is 0 Å². The third kappa shape index (κ3) is 3.81. The van der Waals surface area contributed by atoms with Crippen molar-refractivity contribution in [1.29, 1.82) is 0 Å². The molecule has 0 aliphatic rings. The summed E-state index contributed by atoms with van der Waals surface area (Å²) in [4.78, 5) is 2.33. The Labute approximate surface area is 136 Å². The Morgan fingerprint density at radius 1 is 1.14 bits per heavy atom. The van der Waals surface area contributed by atoms with Gasteiger partial charge in [0, 0.05) is 44.3 Å². The third-order valence-electron chi connectivity index (χ3n) is 3.61. The Morgan fingerprint density at radius 3 is 2.41 bits per heavy atom. The van der Waals surface area contributed by atoms with E-state index in [4.69, 9.17) is 4.74 Å². The molecular formula is C16H24N4OS. The molecule has 0 atom stereocenters. The molecule has 0 saturated carbocycles. The van der Waals surface area contributed by atoms with Gasteiger partial charge in [-0.15, -0.1) is 10.2 Å². The van der Waals surface area contributed by atoms with Gasteiger partial charge >= 0.3 is 0 Å². The number of hydrogen-bond donors (Lipinski definition) is 0. The van der Waals surface area contributed by atoms with E-state index in [1.807, 2.05) is 11.6 Å². The molecule has 120 valence electrons. The predicted molar refractivity (Wildman–Crippen MR) is 92.6 cm³/mol. The lowest BCUT2D eigenvalue weighted by atomic mass is 10.2. The van der Waals surface area contributed by atoms with Crippen molar-refractivity contribution in [1.82, 2.24) is 14.8 Å². The van der Waals surface area contributed by atoms with Crippen molar-refractivity contribution in [3.05, 3.63) is 24.3 Å². The van der Waals surface area contributed by atoms with Gasteiger partial charge < -0.3 is 14.2 Å². The molecule has 22 heavy (non-hydrogen) atoms. The molecule has 0 aliphatic heterocycles. The molecule has 0 fully saturated rings. The number of benzene rings is 1. The van der Waals surface area contributed by atoms with E-state index in [1.165, 1.54) is 5.69 Å². The fourth-order valence-corrected chi connectivity index (χ4v) is 3.13. The van der Waals surface area contributed by atoms with E-state index in [9.17, 15) is 0 Å². The molecule has 0 unspecified atom stereocenters. The van der Waals surface area contributed by atoms with Gasteiger partial charge in [-0.25, -0.2) is 0 Å². The molecule has 2 aromatic rings. The maximum absolute atomic E-state index is 5.07. The van der Waals surface area contributed by atoms with Crippen molar-refractivity contribution in [2.45, 2.75) is 19.0 Å². The van der Waals surface area contributed by atoms with E-state index >= 15 is 0 Å². The summed E-state index contributed by atoms with van der Waals surface area (Å²) in [7, 11) is 3.71. The number of rotatable bonds is 8. The van der Waals surface area contributed by atoms with Crippen LogP contribution in [-0.4, -0.2) is 47.3 Å². The Bertz CT molecular complexity index is 578. The predicted octanol–water partition coefficient (Wildman–Crippen LogP) is 3.07. The third-order valence-corrected chi connectivity index (χ3v) is 4.59. The zero-order chi connectivity index (χ0) is 15.9. The monoisotopic (exact) mass is 320 g/mol. The molecule has 1 heterocycles. The highest BCUT2D eigenvalue weighted by molar-refractivity contribution is 7.99. The fraction of sp³-hybridized carbons (Fsp3) is 0.500. The van der Waals surface area contributed by atoms with Crippen LogP contribution in [0.1, 0.15) is 13.8 Å². The van der Waals surface area contributed by atoms with Crippen LogP contribution in [0.5, 0.6) is 0 Å². The average molecular weight is 320 g/mol. The minimum atomic E-state index is 0.714. The van der Waals surface area contributed by atoms with Crippen molar-refractivity contribution >= 4 is 17.4 Å². The molecule has 1 aromatic carbocycles. The van der Waals surface area contributed by atoms with Crippen LogP contribution in [0.2, 0.25) is 0 Å². The summed E-state index contributed by atoms with van der Waals surface area (Å²) in [6, 6.07) is 8.52. The number of thioether (sulfide) groups is 1. The van der Waals surface area contributed by atoms with E-state index in [-0.39, 0.29) is 0 Å². The van der Waals surface area contributed by atoms with Gasteiger partial charge in [-0.1, -0.05) is 11.8 Å². The van der Waals surface area contributed by atoms with Crippen LogP contribution >= 0.6 is 11.8 Å². The fourth-order valence-electron chi connectivity index (χ4n) is 2.32. The summed E-state index contributed by atoms with van der Waals surface area (Å²) in [5, 5.41) is 9.50. The second-order valence-corrected chi connectivity index (χ2v) is 5.99. The van der Waals surface area contributed by atoms with E-state index in [1.54, 1.807) is 18.9 Å². The summed E-state index contributed by atoms with van der Waals surface area (Å²) in [5.41, 5.74) is 2.33. The molecule has 0 spiro atoms. The standard InChI is InChI=1S/C16H24N4OS/c1-5-20(6-2)14-9-7-13(8-10-14)15-17-18-16(19(15)3)22-12-11-21-4/h7-10H,5-6,11-12H2,1-4H3. The summed E-state index contributed by atoms with van der Waals surface area (Å²) >= 11 is 1.66. The molecule has 2 rings (SSSR count). The van der Waals surface area contributed by atoms with Crippen LogP contribution in [-0.2, 0) is 11.8 Å². The highest BCUT2D eigenvalue weighted by Crippen LogP contribution is 2.24. The van der Waals surface area contributed by atoms with Crippen LogP contribution < -0.4 is 4.90 Å². The van der Waals surface area contributed by atoms with Crippen LogP contribution in [0, 0.1) is 0 Å². The highest BCUT2D eigenvalue weighted by atomic mass is 32.2. The molecule has 0 radical (unpaired) electrons. The molecular weight excluding hydrogens is 296 g/mol. The van der Waals surface area contributed by atoms with Gasteiger partial charge in [0.25, 0.3) is 0 Å². The molecule has 0 bridgehead atoms. The molecule has 0 amide bonds. The number of hydrogen-bond acceptors (Lipinski definition) is 5. The zero-order valence-electron chi connectivity index (χ0n) is 13.7. The van der Waals surface area contributed by atoms with Gasteiger partial charge in [0.2, 0.25) is 0 Å². The normalized spacial score (nSPS) is 10.9.